The van der Waals surface area contributed by atoms with Gasteiger partial charge in [0.2, 0.25) is 0 Å². The highest BCUT2D eigenvalue weighted by atomic mass is 32.2. The molecule has 0 radical (unpaired) electrons. The molecule has 2 aromatic rings. The van der Waals surface area contributed by atoms with Crippen molar-refractivity contribution in [2.45, 2.75) is 5.25 Å². The molecule has 1 aromatic heterocycles. The highest BCUT2D eigenvalue weighted by molar-refractivity contribution is 8.06. The maximum atomic E-state index is 12.3. The average Bonchev–Trinajstić information content (AvgIpc) is 2.84. The van der Waals surface area contributed by atoms with E-state index in [-0.39, 0.29) is 5.91 Å². The lowest BCUT2D eigenvalue weighted by Gasteiger charge is -2.20. The quantitative estimate of drug-likeness (QED) is 0.911. The smallest absolute Gasteiger partial charge is 0.263 e. The molecule has 1 atom stereocenters. The van der Waals surface area contributed by atoms with Crippen LogP contribution in [0.25, 0.3) is 10.1 Å². The average molecular weight is 324 g/mol. The standard InChI is InChI=1S/C14H16N2OS3/c15-12-10-3-1-2-4-11(10)20-13(12)14(17)16-7-9-8-18-5-6-19-9/h1-4,9H,5-8,15H2,(H,16,17). The number of benzene rings is 1. The molecule has 3 rings (SSSR count). The van der Waals surface area contributed by atoms with Gasteiger partial charge in [-0.15, -0.1) is 11.3 Å². The summed E-state index contributed by atoms with van der Waals surface area (Å²) in [5.74, 6) is 3.47. The zero-order valence-corrected chi connectivity index (χ0v) is 13.4. The number of hydrogen-bond acceptors (Lipinski definition) is 5. The van der Waals surface area contributed by atoms with Crippen LogP contribution in [0.2, 0.25) is 0 Å². The molecular formula is C14H16N2OS3. The van der Waals surface area contributed by atoms with Gasteiger partial charge < -0.3 is 11.1 Å². The third kappa shape index (κ3) is 2.92. The van der Waals surface area contributed by atoms with E-state index in [1.54, 1.807) is 0 Å². The Balaban J connectivity index is 1.70. The van der Waals surface area contributed by atoms with Crippen molar-refractivity contribution < 1.29 is 4.79 Å². The van der Waals surface area contributed by atoms with Crippen molar-refractivity contribution >= 4 is 56.5 Å². The Kier molecular flexibility index (Phi) is 4.43. The highest BCUT2D eigenvalue weighted by Gasteiger charge is 2.19. The van der Waals surface area contributed by atoms with E-state index in [9.17, 15) is 4.79 Å². The lowest BCUT2D eigenvalue weighted by atomic mass is 10.2. The first-order valence-electron chi connectivity index (χ1n) is 6.50. The number of rotatable bonds is 3. The SMILES string of the molecule is Nc1c(C(=O)NCC2CSCCS2)sc2ccccc12. The monoisotopic (exact) mass is 324 g/mol. The Morgan fingerprint density at radius 2 is 2.20 bits per heavy atom. The molecule has 1 aliphatic heterocycles. The summed E-state index contributed by atoms with van der Waals surface area (Å²) >= 11 is 5.38. The molecule has 3 nitrogen and oxygen atoms in total. The van der Waals surface area contributed by atoms with E-state index in [1.165, 1.54) is 22.8 Å². The van der Waals surface area contributed by atoms with Crippen LogP contribution >= 0.6 is 34.9 Å². The van der Waals surface area contributed by atoms with Gasteiger partial charge in [0.1, 0.15) is 4.88 Å². The molecule has 1 aromatic carbocycles. The van der Waals surface area contributed by atoms with Crippen LogP contribution in [-0.4, -0.2) is 35.0 Å². The minimum Gasteiger partial charge on any atom is -0.397 e. The van der Waals surface area contributed by atoms with Crippen LogP contribution in [-0.2, 0) is 0 Å². The Hall–Kier alpha value is -0.850. The lowest BCUT2D eigenvalue weighted by Crippen LogP contribution is -2.33. The van der Waals surface area contributed by atoms with Crippen molar-refractivity contribution in [2.24, 2.45) is 0 Å². The molecule has 3 N–H and O–H groups in total. The van der Waals surface area contributed by atoms with Gasteiger partial charge in [0.25, 0.3) is 5.91 Å². The minimum atomic E-state index is -0.0418. The molecule has 0 saturated carbocycles. The summed E-state index contributed by atoms with van der Waals surface area (Å²) in [6.45, 7) is 0.726. The van der Waals surface area contributed by atoms with E-state index in [4.69, 9.17) is 5.73 Å². The van der Waals surface area contributed by atoms with Crippen molar-refractivity contribution in [2.75, 3.05) is 29.5 Å². The van der Waals surface area contributed by atoms with Gasteiger partial charge in [-0.3, -0.25) is 4.79 Å². The largest absolute Gasteiger partial charge is 0.397 e. The van der Waals surface area contributed by atoms with Gasteiger partial charge in [-0.25, -0.2) is 0 Å². The van der Waals surface area contributed by atoms with Crippen molar-refractivity contribution in [3.63, 3.8) is 0 Å². The number of nitrogens with one attached hydrogen (secondary N) is 1. The molecule has 1 saturated heterocycles. The van der Waals surface area contributed by atoms with Crippen LogP contribution in [0.15, 0.2) is 24.3 Å². The van der Waals surface area contributed by atoms with E-state index < -0.39 is 0 Å². The minimum absolute atomic E-state index is 0.0418. The second-order valence-corrected chi connectivity index (χ2v) is 8.23. The first kappa shape index (κ1) is 14.1. The number of thiophene rings is 1. The number of thioether (sulfide) groups is 2. The fourth-order valence-corrected chi connectivity index (χ4v) is 5.83. The van der Waals surface area contributed by atoms with Gasteiger partial charge in [-0.2, -0.15) is 23.5 Å². The van der Waals surface area contributed by atoms with Gasteiger partial charge >= 0.3 is 0 Å². The molecule has 0 aliphatic carbocycles. The predicted octanol–water partition coefficient (Wildman–Crippen LogP) is 3.06. The van der Waals surface area contributed by atoms with Crippen LogP contribution in [0, 0.1) is 0 Å². The van der Waals surface area contributed by atoms with Crippen LogP contribution in [0.4, 0.5) is 5.69 Å². The van der Waals surface area contributed by atoms with Crippen molar-refractivity contribution in [1.29, 1.82) is 0 Å². The molecule has 6 heteroatoms. The molecule has 106 valence electrons. The van der Waals surface area contributed by atoms with Crippen molar-refractivity contribution in [1.82, 2.24) is 5.32 Å². The summed E-state index contributed by atoms with van der Waals surface area (Å²) in [5.41, 5.74) is 6.69. The van der Waals surface area contributed by atoms with Crippen LogP contribution in [0.3, 0.4) is 0 Å². The molecule has 1 amide bonds. The van der Waals surface area contributed by atoms with E-state index >= 15 is 0 Å². The number of carbonyl (C=O) groups is 1. The summed E-state index contributed by atoms with van der Waals surface area (Å²) in [4.78, 5) is 12.9. The summed E-state index contributed by atoms with van der Waals surface area (Å²) in [6, 6.07) is 7.88. The van der Waals surface area contributed by atoms with Gasteiger partial charge in [0.05, 0.1) is 5.69 Å². The molecule has 20 heavy (non-hydrogen) atoms. The maximum absolute atomic E-state index is 12.3. The normalized spacial score (nSPS) is 19.1. The van der Waals surface area contributed by atoms with Gasteiger partial charge in [-0.05, 0) is 6.07 Å². The van der Waals surface area contributed by atoms with Gasteiger partial charge in [-0.1, -0.05) is 18.2 Å². The number of nitrogen functional groups attached to an aromatic ring is 1. The number of fused-ring (bicyclic) bond motifs is 1. The number of carbonyl (C=O) groups excluding carboxylic acids is 1. The Morgan fingerprint density at radius 1 is 1.35 bits per heavy atom. The second kappa shape index (κ2) is 6.28. The van der Waals surface area contributed by atoms with Gasteiger partial charge in [0, 0.05) is 39.1 Å². The third-order valence-corrected chi connectivity index (χ3v) is 7.25. The topological polar surface area (TPSA) is 55.1 Å². The maximum Gasteiger partial charge on any atom is 0.263 e. The molecule has 0 spiro atoms. The number of amides is 1. The summed E-state index contributed by atoms with van der Waals surface area (Å²) in [7, 11) is 0. The first-order valence-corrected chi connectivity index (χ1v) is 9.52. The number of hydrogen-bond donors (Lipinski definition) is 2. The summed E-state index contributed by atoms with van der Waals surface area (Å²) in [5, 5.41) is 4.53. The third-order valence-electron chi connectivity index (χ3n) is 3.22. The number of nitrogens with two attached hydrogens (primary N) is 1. The zero-order valence-electron chi connectivity index (χ0n) is 10.9. The van der Waals surface area contributed by atoms with Crippen LogP contribution in [0.5, 0.6) is 0 Å². The molecule has 1 aliphatic rings. The van der Waals surface area contributed by atoms with Gasteiger partial charge in [0.15, 0.2) is 0 Å². The van der Waals surface area contributed by atoms with E-state index in [2.05, 4.69) is 5.32 Å². The van der Waals surface area contributed by atoms with Crippen molar-refractivity contribution in [3.05, 3.63) is 29.1 Å². The lowest BCUT2D eigenvalue weighted by molar-refractivity contribution is 0.0959. The molecular weight excluding hydrogens is 308 g/mol. The Morgan fingerprint density at radius 3 is 2.95 bits per heavy atom. The molecule has 2 heterocycles. The Bertz CT molecular complexity index is 620. The predicted molar refractivity (Wildman–Crippen MR) is 92.1 cm³/mol. The first-order chi connectivity index (χ1) is 9.75. The molecule has 1 unspecified atom stereocenters. The van der Waals surface area contributed by atoms with E-state index in [1.807, 2.05) is 47.8 Å². The Labute approximate surface area is 130 Å². The summed E-state index contributed by atoms with van der Waals surface area (Å²) in [6.07, 6.45) is 0. The van der Waals surface area contributed by atoms with E-state index in [0.29, 0.717) is 15.8 Å². The fourth-order valence-electron chi connectivity index (χ4n) is 2.18. The van der Waals surface area contributed by atoms with E-state index in [0.717, 1.165) is 22.4 Å². The molecule has 1 fully saturated rings. The van der Waals surface area contributed by atoms with Crippen LogP contribution in [0.1, 0.15) is 9.67 Å². The van der Waals surface area contributed by atoms with Crippen molar-refractivity contribution in [3.8, 4) is 0 Å². The zero-order chi connectivity index (χ0) is 13.9. The number of anilines is 1. The second-order valence-electron chi connectivity index (χ2n) is 4.62. The fraction of sp³-hybridized carbons (Fsp3) is 0.357. The summed E-state index contributed by atoms with van der Waals surface area (Å²) < 4.78 is 1.07. The molecule has 0 bridgehead atoms. The van der Waals surface area contributed by atoms with Crippen LogP contribution < -0.4 is 11.1 Å². The highest BCUT2D eigenvalue weighted by Crippen LogP contribution is 2.33.